The van der Waals surface area contributed by atoms with Crippen LogP contribution in [0.25, 0.3) is 22.0 Å². The van der Waals surface area contributed by atoms with Gasteiger partial charge >= 0.3 is 5.97 Å². The zero-order valence-corrected chi connectivity index (χ0v) is 15.3. The lowest BCUT2D eigenvalue weighted by Gasteiger charge is -2.03. The monoisotopic (exact) mass is 393 g/mol. The average molecular weight is 393 g/mol. The van der Waals surface area contributed by atoms with E-state index in [9.17, 15) is 24.9 Å². The number of carboxylic acid groups (broad SMARTS) is 1. The molecule has 2 heterocycles. The van der Waals surface area contributed by atoms with Crippen LogP contribution in [0, 0.1) is 0 Å². The van der Waals surface area contributed by atoms with E-state index >= 15 is 0 Å². The molecule has 4 rings (SSSR count). The first-order valence-electron chi connectivity index (χ1n) is 8.42. The van der Waals surface area contributed by atoms with Crippen LogP contribution in [0.1, 0.15) is 30.5 Å². The van der Waals surface area contributed by atoms with Gasteiger partial charge in [-0.05, 0) is 5.56 Å². The van der Waals surface area contributed by atoms with E-state index in [-0.39, 0.29) is 27.7 Å². The van der Waals surface area contributed by atoms with Gasteiger partial charge in [-0.1, -0.05) is 48.5 Å². The van der Waals surface area contributed by atoms with Gasteiger partial charge in [0.25, 0.3) is 0 Å². The van der Waals surface area contributed by atoms with Crippen molar-refractivity contribution in [3.63, 3.8) is 0 Å². The minimum atomic E-state index is -1.21. The van der Waals surface area contributed by atoms with Crippen molar-refractivity contribution in [2.75, 3.05) is 0 Å². The number of aromatic carboxylic acids is 1. The molecule has 7 heteroatoms. The molecule has 0 bridgehead atoms. The SMILES string of the molecule is O=C(O)c1sc(C(=O)c2c[nH]c3c(CO)cccc23)c(O)c1-c1ccccc1. The standard InChI is InChI=1S/C21H15NO5S/c23-10-12-7-4-8-13-14(9-22-16(12)13)17(24)20-18(25)15(19(28-20)21(26)27)11-5-2-1-3-6-11/h1-9,22-23,25H,10H2,(H,26,27). The van der Waals surface area contributed by atoms with Crippen molar-refractivity contribution in [2.45, 2.75) is 6.61 Å². The number of aliphatic hydroxyl groups is 1. The highest BCUT2D eigenvalue weighted by molar-refractivity contribution is 7.17. The quantitative estimate of drug-likeness (QED) is 0.383. The molecule has 0 aliphatic rings. The van der Waals surface area contributed by atoms with Gasteiger partial charge in [-0.2, -0.15) is 0 Å². The Hall–Kier alpha value is -3.42. The number of nitrogens with one attached hydrogen (secondary N) is 1. The number of H-pyrrole nitrogens is 1. The van der Waals surface area contributed by atoms with Gasteiger partial charge < -0.3 is 20.3 Å². The first-order chi connectivity index (χ1) is 13.5. The van der Waals surface area contributed by atoms with E-state index in [2.05, 4.69) is 4.98 Å². The van der Waals surface area contributed by atoms with E-state index in [1.54, 1.807) is 48.5 Å². The molecule has 4 aromatic rings. The number of ketones is 1. The smallest absolute Gasteiger partial charge is 0.346 e. The number of aliphatic hydroxyl groups excluding tert-OH is 1. The van der Waals surface area contributed by atoms with E-state index in [1.807, 2.05) is 0 Å². The number of carbonyl (C=O) groups excluding carboxylic acids is 1. The van der Waals surface area contributed by atoms with Crippen molar-refractivity contribution < 1.29 is 24.9 Å². The van der Waals surface area contributed by atoms with Gasteiger partial charge in [0.15, 0.2) is 0 Å². The van der Waals surface area contributed by atoms with Gasteiger partial charge in [0.2, 0.25) is 5.78 Å². The molecule has 4 N–H and O–H groups in total. The third-order valence-corrected chi connectivity index (χ3v) is 5.73. The van der Waals surface area contributed by atoms with Crippen LogP contribution >= 0.6 is 11.3 Å². The summed E-state index contributed by atoms with van der Waals surface area (Å²) >= 11 is 0.752. The van der Waals surface area contributed by atoms with Crippen LogP contribution < -0.4 is 0 Å². The minimum Gasteiger partial charge on any atom is -0.506 e. The summed E-state index contributed by atoms with van der Waals surface area (Å²) < 4.78 is 0. The molecule has 0 amide bonds. The fourth-order valence-corrected chi connectivity index (χ4v) is 4.27. The van der Waals surface area contributed by atoms with Crippen molar-refractivity contribution in [3.8, 4) is 16.9 Å². The maximum atomic E-state index is 13.1. The van der Waals surface area contributed by atoms with Crippen molar-refractivity contribution >= 4 is 34.0 Å². The number of aromatic hydroxyl groups is 1. The lowest BCUT2D eigenvalue weighted by molar-refractivity contribution is 0.0702. The van der Waals surface area contributed by atoms with Crippen molar-refractivity contribution in [1.29, 1.82) is 0 Å². The van der Waals surface area contributed by atoms with Gasteiger partial charge in [-0.25, -0.2) is 4.79 Å². The minimum absolute atomic E-state index is 0.0356. The van der Waals surface area contributed by atoms with Crippen LogP contribution in [0.3, 0.4) is 0 Å². The van der Waals surface area contributed by atoms with Crippen LogP contribution in [0.15, 0.2) is 54.7 Å². The molecule has 0 saturated heterocycles. The van der Waals surface area contributed by atoms with Crippen LogP contribution in [0.5, 0.6) is 5.75 Å². The second-order valence-corrected chi connectivity index (χ2v) is 7.21. The predicted octanol–water partition coefficient (Wildman–Crippen LogP) is 4.02. The van der Waals surface area contributed by atoms with Crippen molar-refractivity contribution in [1.82, 2.24) is 4.98 Å². The number of thiophene rings is 1. The number of para-hydroxylation sites is 1. The number of carbonyl (C=O) groups is 2. The summed E-state index contributed by atoms with van der Waals surface area (Å²) in [5, 5.41) is 30.4. The Bertz CT molecular complexity index is 1210. The van der Waals surface area contributed by atoms with E-state index in [1.165, 1.54) is 6.20 Å². The molecular weight excluding hydrogens is 378 g/mol. The maximum absolute atomic E-state index is 13.1. The van der Waals surface area contributed by atoms with Crippen molar-refractivity contribution in [3.05, 3.63) is 75.6 Å². The first kappa shape index (κ1) is 18.0. The summed E-state index contributed by atoms with van der Waals surface area (Å²) in [5.41, 5.74) is 2.24. The average Bonchev–Trinajstić information content (AvgIpc) is 3.29. The third kappa shape index (κ3) is 2.77. The van der Waals surface area contributed by atoms with Gasteiger partial charge in [-0.15, -0.1) is 11.3 Å². The highest BCUT2D eigenvalue weighted by Crippen LogP contribution is 2.43. The number of benzene rings is 2. The fourth-order valence-electron chi connectivity index (χ4n) is 3.26. The Balaban J connectivity index is 1.89. The summed E-state index contributed by atoms with van der Waals surface area (Å²) in [6.07, 6.45) is 1.51. The molecular formula is C21H15NO5S. The largest absolute Gasteiger partial charge is 0.506 e. The van der Waals surface area contributed by atoms with Crippen molar-refractivity contribution in [2.24, 2.45) is 0 Å². The van der Waals surface area contributed by atoms with Gasteiger partial charge in [-0.3, -0.25) is 4.79 Å². The molecule has 0 radical (unpaired) electrons. The zero-order chi connectivity index (χ0) is 19.8. The second kappa shape index (κ2) is 6.95. The number of aromatic nitrogens is 1. The van der Waals surface area contributed by atoms with E-state index in [4.69, 9.17) is 0 Å². The Morgan fingerprint density at radius 1 is 1.00 bits per heavy atom. The summed E-state index contributed by atoms with van der Waals surface area (Å²) in [6, 6.07) is 13.8. The number of aromatic amines is 1. The first-order valence-corrected chi connectivity index (χ1v) is 9.23. The van der Waals surface area contributed by atoms with E-state index in [0.29, 0.717) is 27.6 Å². The number of fused-ring (bicyclic) bond motifs is 1. The van der Waals surface area contributed by atoms with Gasteiger partial charge in [0.1, 0.15) is 15.5 Å². The molecule has 6 nitrogen and oxygen atoms in total. The molecule has 2 aromatic heterocycles. The summed E-state index contributed by atoms with van der Waals surface area (Å²) in [6.45, 7) is -0.183. The maximum Gasteiger partial charge on any atom is 0.346 e. The van der Waals surface area contributed by atoms with Crippen LogP contribution in [-0.2, 0) is 6.61 Å². The number of hydrogen-bond acceptors (Lipinski definition) is 5. The Morgan fingerprint density at radius 2 is 1.75 bits per heavy atom. The number of carboxylic acids is 1. The Labute approximate surface area is 163 Å². The molecule has 0 aliphatic heterocycles. The highest BCUT2D eigenvalue weighted by Gasteiger charge is 2.28. The third-order valence-electron chi connectivity index (χ3n) is 4.56. The molecule has 0 fully saturated rings. The van der Waals surface area contributed by atoms with E-state index in [0.717, 1.165) is 11.3 Å². The Morgan fingerprint density at radius 3 is 2.43 bits per heavy atom. The predicted molar refractivity (Wildman–Crippen MR) is 106 cm³/mol. The molecule has 2 aromatic carbocycles. The van der Waals surface area contributed by atoms with Crippen LogP contribution in [0.4, 0.5) is 0 Å². The number of hydrogen-bond donors (Lipinski definition) is 4. The zero-order valence-electron chi connectivity index (χ0n) is 14.5. The Kier molecular flexibility index (Phi) is 4.46. The molecule has 0 aliphatic carbocycles. The van der Waals surface area contributed by atoms with Crippen LogP contribution in [0.2, 0.25) is 0 Å². The van der Waals surface area contributed by atoms with Gasteiger partial charge in [0.05, 0.1) is 12.1 Å². The highest BCUT2D eigenvalue weighted by atomic mass is 32.1. The van der Waals surface area contributed by atoms with Gasteiger partial charge in [0, 0.05) is 28.3 Å². The molecule has 0 atom stereocenters. The summed E-state index contributed by atoms with van der Waals surface area (Å²) in [5.74, 6) is -2.03. The normalized spacial score (nSPS) is 11.0. The fraction of sp³-hybridized carbons (Fsp3) is 0.0476. The van der Waals surface area contributed by atoms with E-state index < -0.39 is 11.8 Å². The molecule has 0 unspecified atom stereocenters. The lowest BCUT2D eigenvalue weighted by Crippen LogP contribution is -1.98. The lowest BCUT2D eigenvalue weighted by atomic mass is 10.0. The topological polar surface area (TPSA) is 111 Å². The molecule has 140 valence electrons. The molecule has 0 saturated carbocycles. The summed E-state index contributed by atoms with van der Waals surface area (Å²) in [4.78, 5) is 27.7. The molecule has 28 heavy (non-hydrogen) atoms. The van der Waals surface area contributed by atoms with Crippen LogP contribution in [-0.4, -0.2) is 32.1 Å². The second-order valence-electron chi connectivity index (χ2n) is 6.18. The summed E-state index contributed by atoms with van der Waals surface area (Å²) in [7, 11) is 0. The molecule has 0 spiro atoms. The number of rotatable bonds is 5.